The summed E-state index contributed by atoms with van der Waals surface area (Å²) in [6.07, 6.45) is 2.05. The first-order valence-corrected chi connectivity index (χ1v) is 18.0. The molecule has 0 aliphatic rings. The van der Waals surface area contributed by atoms with Crippen molar-refractivity contribution >= 4 is 27.6 Å². The van der Waals surface area contributed by atoms with E-state index in [-0.39, 0.29) is 26.8 Å². The molecule has 10 rings (SSSR count). The molecule has 1 N–H and O–H groups in total. The number of rotatable bonds is 6. The number of furan rings is 1. The molecule has 0 unspecified atom stereocenters. The van der Waals surface area contributed by atoms with Crippen LogP contribution in [0, 0.1) is 13.0 Å². The number of benzene rings is 6. The SMILES string of the molecule is Cc1cccc(-c2cccc(-c3cc(-c4ccccc4)cc(-c4[c-]c(-c5nc6ccccn6c5-c5ccccc5)cc5c4oc4ccccc45)n3)c2O)c1.[Pt]. The molecule has 0 aliphatic carbocycles. The zero-order chi connectivity index (χ0) is 36.2. The number of hydrogen-bond acceptors (Lipinski definition) is 4. The van der Waals surface area contributed by atoms with Gasteiger partial charge in [-0.05, 0) is 64.9 Å². The fourth-order valence-corrected chi connectivity index (χ4v) is 7.52. The zero-order valence-electron chi connectivity index (χ0n) is 29.7. The smallest absolute Gasteiger partial charge is 0.132 e. The largest absolute Gasteiger partial charge is 0.507 e. The third-order valence-corrected chi connectivity index (χ3v) is 10.1. The average molecular weight is 890 g/mol. The van der Waals surface area contributed by atoms with E-state index in [0.717, 1.165) is 72.3 Å². The van der Waals surface area contributed by atoms with Gasteiger partial charge in [0.2, 0.25) is 0 Å². The molecule has 6 heteroatoms. The first kappa shape index (κ1) is 34.2. The molecular weight excluding hydrogens is 858 g/mol. The molecule has 10 aromatic rings. The third-order valence-electron chi connectivity index (χ3n) is 10.1. The minimum atomic E-state index is 0. The Morgan fingerprint density at radius 1 is 0.582 bits per heavy atom. The zero-order valence-corrected chi connectivity index (χ0v) is 32.0. The van der Waals surface area contributed by atoms with Gasteiger partial charge in [-0.2, -0.15) is 0 Å². The van der Waals surface area contributed by atoms with Crippen LogP contribution in [0.25, 0.3) is 94.9 Å². The van der Waals surface area contributed by atoms with Crippen LogP contribution in [-0.4, -0.2) is 19.5 Å². The number of aromatic hydroxyl groups is 1. The number of nitrogens with zero attached hydrogens (tertiary/aromatic N) is 3. The molecule has 0 atom stereocenters. The van der Waals surface area contributed by atoms with Crippen LogP contribution in [-0.2, 0) is 21.1 Å². The Hall–Kier alpha value is -6.55. The Morgan fingerprint density at radius 3 is 2.09 bits per heavy atom. The summed E-state index contributed by atoms with van der Waals surface area (Å²) in [5.74, 6) is 0.176. The minimum Gasteiger partial charge on any atom is -0.507 e. The van der Waals surface area contributed by atoms with Crippen molar-refractivity contribution in [2.45, 2.75) is 6.92 Å². The Labute approximate surface area is 332 Å². The Kier molecular flexibility index (Phi) is 8.73. The summed E-state index contributed by atoms with van der Waals surface area (Å²) in [4.78, 5) is 10.5. The number of para-hydroxylation sites is 2. The molecule has 55 heavy (non-hydrogen) atoms. The first-order chi connectivity index (χ1) is 26.6. The van der Waals surface area contributed by atoms with E-state index < -0.39 is 0 Å². The van der Waals surface area contributed by atoms with Gasteiger partial charge >= 0.3 is 0 Å². The minimum absolute atomic E-state index is 0. The number of phenols is 1. The third kappa shape index (κ3) is 6.03. The van der Waals surface area contributed by atoms with Crippen molar-refractivity contribution in [1.29, 1.82) is 0 Å². The molecule has 0 saturated heterocycles. The van der Waals surface area contributed by atoms with Crippen LogP contribution in [0.5, 0.6) is 5.75 Å². The van der Waals surface area contributed by atoms with Gasteiger partial charge in [0.1, 0.15) is 17.0 Å². The van der Waals surface area contributed by atoms with E-state index in [1.165, 1.54) is 0 Å². The van der Waals surface area contributed by atoms with Crippen LogP contribution in [0.15, 0.2) is 174 Å². The molecule has 266 valence electrons. The van der Waals surface area contributed by atoms with Crippen molar-refractivity contribution in [1.82, 2.24) is 14.4 Å². The van der Waals surface area contributed by atoms with Crippen molar-refractivity contribution < 1.29 is 30.6 Å². The number of fused-ring (bicyclic) bond motifs is 4. The van der Waals surface area contributed by atoms with E-state index in [2.05, 4.69) is 78.2 Å². The summed E-state index contributed by atoms with van der Waals surface area (Å²) in [5.41, 5.74) is 13.4. The standard InChI is InChI=1S/C49H32N3O2.Pt/c1-31-14-12-19-34(26-31)37-21-13-22-39(48(37)53)42-29-35(32-15-4-2-5-16-32)30-43(50-42)41-28-36(27-40-38-20-8-9-23-44(38)54-49(40)41)46-47(33-17-6-3-7-18-33)52-25-11-10-24-45(52)51-46;/h2-27,29-30,53H,1H3;/q-1;. The van der Waals surface area contributed by atoms with E-state index in [1.807, 2.05) is 109 Å². The first-order valence-electron chi connectivity index (χ1n) is 18.0. The topological polar surface area (TPSA) is 63.6 Å². The molecule has 4 aromatic heterocycles. The van der Waals surface area contributed by atoms with Crippen LogP contribution in [0.1, 0.15) is 5.56 Å². The quantitative estimate of drug-likeness (QED) is 0.169. The van der Waals surface area contributed by atoms with Gasteiger partial charge in [-0.25, -0.2) is 0 Å². The van der Waals surface area contributed by atoms with E-state index in [1.54, 1.807) is 0 Å². The second-order valence-corrected chi connectivity index (χ2v) is 13.6. The molecule has 4 heterocycles. The number of pyridine rings is 2. The fraction of sp³-hybridized carbons (Fsp3) is 0.0204. The molecule has 0 radical (unpaired) electrons. The van der Waals surface area contributed by atoms with Crippen molar-refractivity contribution in [3.63, 3.8) is 0 Å². The number of hydrogen-bond donors (Lipinski definition) is 1. The average Bonchev–Trinajstić information content (AvgIpc) is 3.80. The maximum atomic E-state index is 11.9. The number of phenolic OH excluding ortho intramolecular Hbond substituents is 1. The van der Waals surface area contributed by atoms with Gasteiger partial charge in [0.05, 0.1) is 11.3 Å². The number of imidazole rings is 1. The summed E-state index contributed by atoms with van der Waals surface area (Å²) in [6.45, 7) is 2.06. The van der Waals surface area contributed by atoms with Gasteiger partial charge < -0.3 is 13.9 Å². The summed E-state index contributed by atoms with van der Waals surface area (Å²) < 4.78 is 8.79. The van der Waals surface area contributed by atoms with E-state index >= 15 is 0 Å². The van der Waals surface area contributed by atoms with Crippen molar-refractivity contribution in [2.24, 2.45) is 0 Å². The molecule has 0 bridgehead atoms. The Balaban J connectivity index is 0.00000397. The van der Waals surface area contributed by atoms with Gasteiger partial charge in [-0.3, -0.25) is 9.97 Å². The maximum absolute atomic E-state index is 11.9. The number of aryl methyl sites for hydroxylation is 1. The second kappa shape index (κ2) is 14.0. The maximum Gasteiger partial charge on any atom is 0.132 e. The fourth-order valence-electron chi connectivity index (χ4n) is 7.52. The van der Waals surface area contributed by atoms with Crippen molar-refractivity contribution in [3.05, 3.63) is 182 Å². The van der Waals surface area contributed by atoms with Crippen LogP contribution < -0.4 is 0 Å². The van der Waals surface area contributed by atoms with Crippen molar-refractivity contribution in [2.75, 3.05) is 0 Å². The van der Waals surface area contributed by atoms with E-state index in [4.69, 9.17) is 14.4 Å². The van der Waals surface area contributed by atoms with Gasteiger partial charge in [-0.1, -0.05) is 144 Å². The predicted molar refractivity (Wildman–Crippen MR) is 218 cm³/mol. The molecule has 0 spiro atoms. The van der Waals surface area contributed by atoms with Crippen LogP contribution >= 0.6 is 0 Å². The molecule has 0 aliphatic heterocycles. The van der Waals surface area contributed by atoms with Gasteiger partial charge in [0.15, 0.2) is 0 Å². The monoisotopic (exact) mass is 889 g/mol. The molecule has 5 nitrogen and oxygen atoms in total. The molecular formula is C49H32N3O2Pt-. The number of aromatic nitrogens is 3. The molecule has 0 fully saturated rings. The summed E-state index contributed by atoms with van der Waals surface area (Å²) in [6, 6.07) is 58.8. The summed E-state index contributed by atoms with van der Waals surface area (Å²) in [7, 11) is 0. The normalized spacial score (nSPS) is 11.3. The van der Waals surface area contributed by atoms with Crippen LogP contribution in [0.4, 0.5) is 0 Å². The van der Waals surface area contributed by atoms with Crippen molar-refractivity contribution in [3.8, 4) is 73.0 Å². The predicted octanol–water partition coefficient (Wildman–Crippen LogP) is 12.4. The molecule has 6 aromatic carbocycles. The van der Waals surface area contributed by atoms with Crippen LogP contribution in [0.3, 0.4) is 0 Å². The van der Waals surface area contributed by atoms with E-state index in [0.29, 0.717) is 28.1 Å². The van der Waals surface area contributed by atoms with E-state index in [9.17, 15) is 5.11 Å². The molecule has 0 amide bonds. The Morgan fingerprint density at radius 2 is 1.27 bits per heavy atom. The van der Waals surface area contributed by atoms with Gasteiger partial charge in [0.25, 0.3) is 0 Å². The Bertz CT molecular complexity index is 3020. The van der Waals surface area contributed by atoms with Gasteiger partial charge in [-0.15, -0.1) is 12.1 Å². The molecule has 0 saturated carbocycles. The van der Waals surface area contributed by atoms with Gasteiger partial charge in [0, 0.05) is 60.9 Å². The summed E-state index contributed by atoms with van der Waals surface area (Å²) >= 11 is 0. The van der Waals surface area contributed by atoms with Crippen LogP contribution in [0.2, 0.25) is 0 Å². The second-order valence-electron chi connectivity index (χ2n) is 13.6. The summed E-state index contributed by atoms with van der Waals surface area (Å²) in [5, 5.41) is 13.8.